The Bertz CT molecular complexity index is 513. The van der Waals surface area contributed by atoms with E-state index in [-0.39, 0.29) is 5.91 Å². The third kappa shape index (κ3) is 2.85. The standard InChI is InChI=1S/C12H12N4O/c13-7-9-3-5-15-11(6-9)16-12(17)10-2-1-4-14-8-10/h1-6,8H,7,13H2,(H,15,16,17). The minimum atomic E-state index is -0.236. The van der Waals surface area contributed by atoms with E-state index in [9.17, 15) is 4.79 Å². The normalized spacial score (nSPS) is 9.94. The first kappa shape index (κ1) is 11.2. The molecule has 2 aromatic heterocycles. The van der Waals surface area contributed by atoms with Crippen LogP contribution < -0.4 is 11.1 Å². The van der Waals surface area contributed by atoms with E-state index in [1.54, 1.807) is 36.7 Å². The van der Waals surface area contributed by atoms with Gasteiger partial charge in [0.1, 0.15) is 5.82 Å². The van der Waals surface area contributed by atoms with Gasteiger partial charge in [-0.05, 0) is 29.8 Å². The topological polar surface area (TPSA) is 80.9 Å². The van der Waals surface area contributed by atoms with Crippen molar-refractivity contribution in [3.63, 3.8) is 0 Å². The molecule has 0 aliphatic carbocycles. The van der Waals surface area contributed by atoms with E-state index in [4.69, 9.17) is 5.73 Å². The van der Waals surface area contributed by atoms with Crippen molar-refractivity contribution in [2.45, 2.75) is 6.54 Å². The maximum atomic E-state index is 11.8. The minimum absolute atomic E-state index is 0.236. The first-order chi connectivity index (χ1) is 8.29. The summed E-state index contributed by atoms with van der Waals surface area (Å²) < 4.78 is 0. The number of hydrogen-bond donors (Lipinski definition) is 2. The van der Waals surface area contributed by atoms with Crippen molar-refractivity contribution in [1.29, 1.82) is 0 Å². The molecule has 0 bridgehead atoms. The van der Waals surface area contributed by atoms with Crippen molar-refractivity contribution in [1.82, 2.24) is 9.97 Å². The lowest BCUT2D eigenvalue weighted by atomic mass is 10.2. The van der Waals surface area contributed by atoms with E-state index in [1.165, 1.54) is 6.20 Å². The molecule has 3 N–H and O–H groups in total. The van der Waals surface area contributed by atoms with Crippen LogP contribution in [0.5, 0.6) is 0 Å². The minimum Gasteiger partial charge on any atom is -0.326 e. The predicted octanol–water partition coefficient (Wildman–Crippen LogP) is 1.19. The van der Waals surface area contributed by atoms with Crippen LogP contribution in [0.15, 0.2) is 42.9 Å². The van der Waals surface area contributed by atoms with E-state index in [0.717, 1.165) is 5.56 Å². The van der Waals surface area contributed by atoms with Crippen molar-refractivity contribution in [3.05, 3.63) is 54.0 Å². The van der Waals surface area contributed by atoms with Gasteiger partial charge in [-0.15, -0.1) is 0 Å². The van der Waals surface area contributed by atoms with Gasteiger partial charge in [-0.25, -0.2) is 4.98 Å². The Balaban J connectivity index is 2.13. The van der Waals surface area contributed by atoms with Crippen LogP contribution in [-0.2, 0) is 6.54 Å². The van der Waals surface area contributed by atoms with Gasteiger partial charge in [0.2, 0.25) is 0 Å². The highest BCUT2D eigenvalue weighted by Crippen LogP contribution is 2.08. The molecule has 0 saturated carbocycles. The summed E-state index contributed by atoms with van der Waals surface area (Å²) in [5.74, 6) is 0.251. The number of rotatable bonds is 3. The molecule has 0 radical (unpaired) electrons. The molecular weight excluding hydrogens is 216 g/mol. The zero-order valence-electron chi connectivity index (χ0n) is 9.13. The predicted molar refractivity (Wildman–Crippen MR) is 64.3 cm³/mol. The number of amides is 1. The summed E-state index contributed by atoms with van der Waals surface area (Å²) in [4.78, 5) is 19.7. The molecule has 0 fully saturated rings. The zero-order chi connectivity index (χ0) is 12.1. The molecule has 2 heterocycles. The van der Waals surface area contributed by atoms with Crippen molar-refractivity contribution >= 4 is 11.7 Å². The number of carbonyl (C=O) groups is 1. The lowest BCUT2D eigenvalue weighted by Crippen LogP contribution is -2.13. The van der Waals surface area contributed by atoms with E-state index < -0.39 is 0 Å². The quantitative estimate of drug-likeness (QED) is 0.826. The SMILES string of the molecule is NCc1ccnc(NC(=O)c2cccnc2)c1. The molecule has 5 heteroatoms. The van der Waals surface area contributed by atoms with E-state index >= 15 is 0 Å². The molecule has 1 amide bonds. The Hall–Kier alpha value is -2.27. The molecule has 5 nitrogen and oxygen atoms in total. The smallest absolute Gasteiger partial charge is 0.258 e. The van der Waals surface area contributed by atoms with Crippen LogP contribution >= 0.6 is 0 Å². The fraction of sp³-hybridized carbons (Fsp3) is 0.0833. The van der Waals surface area contributed by atoms with Crippen molar-refractivity contribution in [2.75, 3.05) is 5.32 Å². The van der Waals surface area contributed by atoms with Gasteiger partial charge in [0.05, 0.1) is 5.56 Å². The lowest BCUT2D eigenvalue weighted by molar-refractivity contribution is 0.102. The highest BCUT2D eigenvalue weighted by atomic mass is 16.1. The van der Waals surface area contributed by atoms with Gasteiger partial charge >= 0.3 is 0 Å². The average molecular weight is 228 g/mol. The molecule has 86 valence electrons. The molecule has 2 rings (SSSR count). The zero-order valence-corrected chi connectivity index (χ0v) is 9.13. The van der Waals surface area contributed by atoms with E-state index in [0.29, 0.717) is 17.9 Å². The number of anilines is 1. The van der Waals surface area contributed by atoms with Gasteiger partial charge in [-0.1, -0.05) is 0 Å². The second-order valence-corrected chi connectivity index (χ2v) is 3.45. The number of aromatic nitrogens is 2. The number of nitrogens with two attached hydrogens (primary N) is 1. The highest BCUT2D eigenvalue weighted by molar-refractivity contribution is 6.03. The van der Waals surface area contributed by atoms with Gasteiger partial charge in [0, 0.05) is 25.1 Å². The summed E-state index contributed by atoms with van der Waals surface area (Å²) in [6.07, 6.45) is 4.73. The molecule has 0 unspecified atom stereocenters. The van der Waals surface area contributed by atoms with Crippen LogP contribution in [-0.4, -0.2) is 15.9 Å². The molecule has 0 aliphatic rings. The molecular formula is C12H12N4O. The summed E-state index contributed by atoms with van der Waals surface area (Å²) in [6.45, 7) is 0.415. The average Bonchev–Trinajstić information content (AvgIpc) is 2.40. The van der Waals surface area contributed by atoms with E-state index in [1.807, 2.05) is 0 Å². The van der Waals surface area contributed by atoms with Crippen LogP contribution in [0, 0.1) is 0 Å². The van der Waals surface area contributed by atoms with Crippen molar-refractivity contribution in [2.24, 2.45) is 5.73 Å². The van der Waals surface area contributed by atoms with E-state index in [2.05, 4.69) is 15.3 Å². The molecule has 17 heavy (non-hydrogen) atoms. The van der Waals surface area contributed by atoms with Crippen LogP contribution in [0.4, 0.5) is 5.82 Å². The van der Waals surface area contributed by atoms with Gasteiger partial charge in [0.25, 0.3) is 5.91 Å². The number of hydrogen-bond acceptors (Lipinski definition) is 4. The van der Waals surface area contributed by atoms with Gasteiger partial charge in [-0.3, -0.25) is 9.78 Å². The van der Waals surface area contributed by atoms with Crippen LogP contribution in [0.1, 0.15) is 15.9 Å². The van der Waals surface area contributed by atoms with Crippen LogP contribution in [0.2, 0.25) is 0 Å². The largest absolute Gasteiger partial charge is 0.326 e. The number of pyridine rings is 2. The number of carbonyl (C=O) groups excluding carboxylic acids is 1. The summed E-state index contributed by atoms with van der Waals surface area (Å²) in [5.41, 5.74) is 6.92. The van der Waals surface area contributed by atoms with Crippen molar-refractivity contribution < 1.29 is 4.79 Å². The van der Waals surface area contributed by atoms with Crippen LogP contribution in [0.25, 0.3) is 0 Å². The molecule has 0 aromatic carbocycles. The second-order valence-electron chi connectivity index (χ2n) is 3.45. The lowest BCUT2D eigenvalue weighted by Gasteiger charge is -2.05. The first-order valence-electron chi connectivity index (χ1n) is 5.16. The fourth-order valence-electron chi connectivity index (χ4n) is 1.36. The van der Waals surface area contributed by atoms with Gasteiger partial charge in [0.15, 0.2) is 0 Å². The van der Waals surface area contributed by atoms with Crippen molar-refractivity contribution in [3.8, 4) is 0 Å². The molecule has 0 atom stereocenters. The molecule has 0 spiro atoms. The Labute approximate surface area is 98.7 Å². The summed E-state index contributed by atoms with van der Waals surface area (Å²) in [6, 6.07) is 6.95. The third-order valence-corrected chi connectivity index (χ3v) is 2.23. The summed E-state index contributed by atoms with van der Waals surface area (Å²) in [5, 5.41) is 2.69. The molecule has 0 saturated heterocycles. The number of nitrogens with one attached hydrogen (secondary N) is 1. The monoisotopic (exact) mass is 228 g/mol. The Kier molecular flexibility index (Phi) is 3.42. The fourth-order valence-corrected chi connectivity index (χ4v) is 1.36. The van der Waals surface area contributed by atoms with Crippen LogP contribution in [0.3, 0.4) is 0 Å². The Morgan fingerprint density at radius 1 is 1.35 bits per heavy atom. The summed E-state index contributed by atoms with van der Waals surface area (Å²) in [7, 11) is 0. The third-order valence-electron chi connectivity index (χ3n) is 2.23. The second kappa shape index (κ2) is 5.18. The van der Waals surface area contributed by atoms with Gasteiger partial charge in [-0.2, -0.15) is 0 Å². The number of nitrogens with zero attached hydrogens (tertiary/aromatic N) is 2. The highest BCUT2D eigenvalue weighted by Gasteiger charge is 2.06. The summed E-state index contributed by atoms with van der Waals surface area (Å²) >= 11 is 0. The maximum Gasteiger partial charge on any atom is 0.258 e. The van der Waals surface area contributed by atoms with Gasteiger partial charge < -0.3 is 11.1 Å². The molecule has 2 aromatic rings. The maximum absolute atomic E-state index is 11.8. The first-order valence-corrected chi connectivity index (χ1v) is 5.16. The molecule has 0 aliphatic heterocycles. The Morgan fingerprint density at radius 2 is 2.24 bits per heavy atom. The Morgan fingerprint density at radius 3 is 2.94 bits per heavy atom.